The molecule has 21 heavy (non-hydrogen) atoms. The highest BCUT2D eigenvalue weighted by Crippen LogP contribution is 2.35. The molecule has 0 saturated heterocycles. The molecule has 5 nitrogen and oxygen atoms in total. The smallest absolute Gasteiger partial charge is 0.412 e. The molecule has 3 N–H and O–H groups in total. The minimum Gasteiger partial charge on any atom is -0.496 e. The molecule has 118 valence electrons. The first kappa shape index (κ1) is 17.2. The number of benzene rings is 1. The first-order valence-electron chi connectivity index (χ1n) is 6.35. The summed E-state index contributed by atoms with van der Waals surface area (Å²) in [5, 5.41) is 2.45. The van der Waals surface area contributed by atoms with Gasteiger partial charge in [0.2, 0.25) is 0 Å². The number of amides is 1. The Bertz CT molecular complexity index is 513. The summed E-state index contributed by atoms with van der Waals surface area (Å²) < 4.78 is 37.3. The van der Waals surface area contributed by atoms with E-state index in [0.29, 0.717) is 0 Å². The van der Waals surface area contributed by atoms with Gasteiger partial charge in [-0.25, -0.2) is 4.79 Å². The third-order valence-electron chi connectivity index (χ3n) is 2.50. The number of anilines is 1. The topological polar surface area (TPSA) is 73.6 Å². The van der Waals surface area contributed by atoms with Crippen molar-refractivity contribution in [3.63, 3.8) is 0 Å². The summed E-state index contributed by atoms with van der Waals surface area (Å²) >= 11 is 0. The summed E-state index contributed by atoms with van der Waals surface area (Å²) in [6.07, 6.45) is -0.678. The van der Waals surface area contributed by atoms with Crippen molar-refractivity contribution in [2.75, 3.05) is 19.0 Å². The third-order valence-corrected chi connectivity index (χ3v) is 2.50. The van der Waals surface area contributed by atoms with Crippen LogP contribution in [0.1, 0.15) is 26.3 Å². The molecule has 1 aromatic carbocycles. The van der Waals surface area contributed by atoms with Crippen LogP contribution < -0.4 is 15.8 Å². The summed E-state index contributed by atoms with van der Waals surface area (Å²) in [6.45, 7) is 4.33. The van der Waals surface area contributed by atoms with Crippen LogP contribution in [-0.2, 0) is 10.7 Å². The lowest BCUT2D eigenvalue weighted by molar-refractivity contribution is 0.00372. The normalized spacial score (nSPS) is 12.0. The van der Waals surface area contributed by atoms with Gasteiger partial charge in [0.1, 0.15) is 11.4 Å². The molecular weight excluding hydrogens is 282 g/mol. The highest BCUT2D eigenvalue weighted by Gasteiger charge is 2.33. The molecule has 1 aromatic rings. The Morgan fingerprint density at radius 2 is 1.95 bits per heavy atom. The average Bonchev–Trinajstić information content (AvgIpc) is 2.36. The zero-order chi connectivity index (χ0) is 16.3. The van der Waals surface area contributed by atoms with Crippen molar-refractivity contribution >= 4 is 11.8 Å². The van der Waals surface area contributed by atoms with Gasteiger partial charge in [0.25, 0.3) is 5.92 Å². The van der Waals surface area contributed by atoms with Crippen molar-refractivity contribution in [3.8, 4) is 5.75 Å². The maximum absolute atomic E-state index is 13.6. The Morgan fingerprint density at radius 3 is 2.43 bits per heavy atom. The fourth-order valence-corrected chi connectivity index (χ4v) is 1.60. The van der Waals surface area contributed by atoms with E-state index < -0.39 is 24.2 Å². The Hall–Kier alpha value is -1.89. The number of halogens is 2. The maximum Gasteiger partial charge on any atom is 0.412 e. The van der Waals surface area contributed by atoms with Crippen LogP contribution in [0.5, 0.6) is 5.75 Å². The number of nitrogens with two attached hydrogens (primary N) is 1. The Morgan fingerprint density at radius 1 is 1.33 bits per heavy atom. The summed E-state index contributed by atoms with van der Waals surface area (Å²) in [5.41, 5.74) is 4.36. The molecule has 1 rings (SSSR count). The van der Waals surface area contributed by atoms with Gasteiger partial charge in [-0.15, -0.1) is 0 Å². The molecule has 0 aliphatic heterocycles. The van der Waals surface area contributed by atoms with Crippen LogP contribution in [0.15, 0.2) is 18.2 Å². The second kappa shape index (κ2) is 6.26. The number of carbonyl (C=O) groups is 1. The molecule has 7 heteroatoms. The Kier molecular flexibility index (Phi) is 5.11. The number of alkyl halides is 2. The SMILES string of the molecule is COc1cc(NC(=O)OC(C)(C)C)ccc1C(F)(F)CN. The van der Waals surface area contributed by atoms with E-state index in [-0.39, 0.29) is 17.0 Å². The molecule has 0 spiro atoms. The first-order valence-corrected chi connectivity index (χ1v) is 6.35. The number of hydrogen-bond acceptors (Lipinski definition) is 4. The van der Waals surface area contributed by atoms with Gasteiger partial charge in [0.15, 0.2) is 0 Å². The highest BCUT2D eigenvalue weighted by atomic mass is 19.3. The van der Waals surface area contributed by atoms with Crippen molar-refractivity contribution in [2.45, 2.75) is 32.3 Å². The quantitative estimate of drug-likeness (QED) is 0.896. The standard InChI is InChI=1S/C14H20F2N2O3/c1-13(2,3)21-12(19)18-9-5-6-10(11(7-9)20-4)14(15,16)8-17/h5-7H,8,17H2,1-4H3,(H,18,19). The zero-order valence-electron chi connectivity index (χ0n) is 12.5. The maximum atomic E-state index is 13.6. The Balaban J connectivity index is 2.96. The number of nitrogens with one attached hydrogen (secondary N) is 1. The minimum absolute atomic E-state index is 0.0565. The zero-order valence-corrected chi connectivity index (χ0v) is 12.5. The van der Waals surface area contributed by atoms with Crippen molar-refractivity contribution in [1.29, 1.82) is 0 Å². The van der Waals surface area contributed by atoms with Crippen LogP contribution in [0.2, 0.25) is 0 Å². The first-order chi connectivity index (χ1) is 9.59. The second-order valence-corrected chi connectivity index (χ2v) is 5.45. The monoisotopic (exact) mass is 302 g/mol. The highest BCUT2D eigenvalue weighted by molar-refractivity contribution is 5.85. The number of ether oxygens (including phenoxy) is 2. The fraction of sp³-hybridized carbons (Fsp3) is 0.500. The number of rotatable bonds is 4. The van der Waals surface area contributed by atoms with Gasteiger partial charge in [0, 0.05) is 11.8 Å². The second-order valence-electron chi connectivity index (χ2n) is 5.45. The van der Waals surface area contributed by atoms with Gasteiger partial charge < -0.3 is 15.2 Å². The van der Waals surface area contributed by atoms with Crippen LogP contribution in [0.25, 0.3) is 0 Å². The van der Waals surface area contributed by atoms with Gasteiger partial charge in [-0.3, -0.25) is 5.32 Å². The lowest BCUT2D eigenvalue weighted by Gasteiger charge is -2.21. The summed E-state index contributed by atoms with van der Waals surface area (Å²) in [5.74, 6) is -3.26. The van der Waals surface area contributed by atoms with Gasteiger partial charge in [-0.05, 0) is 32.9 Å². The fourth-order valence-electron chi connectivity index (χ4n) is 1.60. The predicted octanol–water partition coefficient (Wildman–Crippen LogP) is 3.09. The summed E-state index contributed by atoms with van der Waals surface area (Å²) in [7, 11) is 1.27. The van der Waals surface area contributed by atoms with Gasteiger partial charge in [-0.2, -0.15) is 8.78 Å². The third kappa shape index (κ3) is 4.86. The molecule has 0 aliphatic carbocycles. The molecule has 0 atom stereocenters. The van der Waals surface area contributed by atoms with Crippen LogP contribution in [0, 0.1) is 0 Å². The van der Waals surface area contributed by atoms with E-state index in [1.54, 1.807) is 20.8 Å². The molecule has 0 aromatic heterocycles. The van der Waals surface area contributed by atoms with E-state index >= 15 is 0 Å². The van der Waals surface area contributed by atoms with Gasteiger partial charge in [0.05, 0.1) is 19.2 Å². The van der Waals surface area contributed by atoms with Crippen molar-refractivity contribution in [1.82, 2.24) is 0 Å². The number of methoxy groups -OCH3 is 1. The molecular formula is C14H20F2N2O3. The van der Waals surface area contributed by atoms with E-state index in [0.717, 1.165) is 0 Å². The summed E-state index contributed by atoms with van der Waals surface area (Å²) in [4.78, 5) is 11.6. The summed E-state index contributed by atoms with van der Waals surface area (Å²) in [6, 6.07) is 3.80. The lowest BCUT2D eigenvalue weighted by Crippen LogP contribution is -2.27. The van der Waals surface area contributed by atoms with E-state index in [2.05, 4.69) is 5.32 Å². The van der Waals surface area contributed by atoms with Crippen LogP contribution in [-0.4, -0.2) is 25.3 Å². The van der Waals surface area contributed by atoms with Gasteiger partial charge >= 0.3 is 6.09 Å². The van der Waals surface area contributed by atoms with Crippen molar-refractivity contribution < 1.29 is 23.0 Å². The largest absolute Gasteiger partial charge is 0.496 e. The molecule has 0 fully saturated rings. The molecule has 0 saturated carbocycles. The lowest BCUT2D eigenvalue weighted by atomic mass is 10.1. The van der Waals surface area contributed by atoms with E-state index in [4.69, 9.17) is 15.2 Å². The molecule has 0 aliphatic rings. The number of hydrogen-bond donors (Lipinski definition) is 2. The Labute approximate surface area is 122 Å². The molecule has 1 amide bonds. The van der Waals surface area contributed by atoms with Crippen LogP contribution in [0.4, 0.5) is 19.3 Å². The van der Waals surface area contributed by atoms with Crippen molar-refractivity contribution in [2.24, 2.45) is 5.73 Å². The van der Waals surface area contributed by atoms with Crippen LogP contribution in [0.3, 0.4) is 0 Å². The predicted molar refractivity (Wildman–Crippen MR) is 75.8 cm³/mol. The van der Waals surface area contributed by atoms with Gasteiger partial charge in [-0.1, -0.05) is 0 Å². The average molecular weight is 302 g/mol. The molecule has 0 heterocycles. The van der Waals surface area contributed by atoms with E-state index in [1.165, 1.54) is 25.3 Å². The molecule has 0 bridgehead atoms. The number of carbonyl (C=O) groups excluding carboxylic acids is 1. The van der Waals surface area contributed by atoms with Crippen molar-refractivity contribution in [3.05, 3.63) is 23.8 Å². The molecule has 0 unspecified atom stereocenters. The molecule has 0 radical (unpaired) electrons. The van der Waals surface area contributed by atoms with E-state index in [9.17, 15) is 13.6 Å². The van der Waals surface area contributed by atoms with Crippen LogP contribution >= 0.6 is 0 Å². The van der Waals surface area contributed by atoms with E-state index in [1.807, 2.05) is 0 Å². The minimum atomic E-state index is -3.20.